The third-order valence-electron chi connectivity index (χ3n) is 3.86. The molecule has 2 rings (SSSR count). The minimum absolute atomic E-state index is 0.0327. The normalized spacial score (nSPS) is 19.1. The van der Waals surface area contributed by atoms with E-state index >= 15 is 0 Å². The Balaban J connectivity index is 1.72. The number of nitrogens with one attached hydrogen (secondary N) is 1. The fourth-order valence-electron chi connectivity index (χ4n) is 2.78. The fourth-order valence-corrected chi connectivity index (χ4v) is 3.59. The second-order valence-corrected chi connectivity index (χ2v) is 7.06. The van der Waals surface area contributed by atoms with Crippen LogP contribution < -0.4 is 5.32 Å². The lowest BCUT2D eigenvalue weighted by Crippen LogP contribution is -2.31. The summed E-state index contributed by atoms with van der Waals surface area (Å²) in [6.07, 6.45) is 2.23. The zero-order chi connectivity index (χ0) is 15.2. The Kier molecular flexibility index (Phi) is 6.14. The molecule has 1 N–H and O–H groups in total. The van der Waals surface area contributed by atoms with E-state index in [1.54, 1.807) is 18.4 Å². The van der Waals surface area contributed by atoms with Crippen molar-refractivity contribution in [3.63, 3.8) is 0 Å². The van der Waals surface area contributed by atoms with Crippen LogP contribution in [0.3, 0.4) is 0 Å². The van der Waals surface area contributed by atoms with Crippen LogP contribution >= 0.6 is 11.3 Å². The number of amides is 1. The molecule has 1 fully saturated rings. The SMILES string of the molecule is COCCCN1CCC(CNC(=O)c2nc(C)sc2C)C1. The minimum Gasteiger partial charge on any atom is -0.385 e. The van der Waals surface area contributed by atoms with Gasteiger partial charge in [0, 0.05) is 38.2 Å². The average molecular weight is 311 g/mol. The smallest absolute Gasteiger partial charge is 0.271 e. The van der Waals surface area contributed by atoms with Gasteiger partial charge in [-0.05, 0) is 39.2 Å². The standard InChI is InChI=1S/C15H25N3O2S/c1-11-14(17-12(2)21-11)15(19)16-9-13-5-7-18(10-13)6-4-8-20-3/h13H,4-10H2,1-3H3,(H,16,19). The highest BCUT2D eigenvalue weighted by Crippen LogP contribution is 2.18. The van der Waals surface area contributed by atoms with Crippen LogP contribution in [0.4, 0.5) is 0 Å². The van der Waals surface area contributed by atoms with Crippen molar-refractivity contribution >= 4 is 17.2 Å². The number of thiazole rings is 1. The van der Waals surface area contributed by atoms with Gasteiger partial charge in [-0.1, -0.05) is 0 Å². The number of nitrogens with zero attached hydrogens (tertiary/aromatic N) is 2. The van der Waals surface area contributed by atoms with Crippen molar-refractivity contribution in [1.29, 1.82) is 0 Å². The summed E-state index contributed by atoms with van der Waals surface area (Å²) in [5, 5.41) is 3.98. The molecule has 0 spiro atoms. The minimum atomic E-state index is -0.0327. The zero-order valence-corrected chi connectivity index (χ0v) is 14.0. The van der Waals surface area contributed by atoms with E-state index in [0.717, 1.165) is 55.5 Å². The molecule has 1 aliphatic rings. The number of aromatic nitrogens is 1. The van der Waals surface area contributed by atoms with Crippen LogP contribution in [0.2, 0.25) is 0 Å². The number of likely N-dealkylation sites (tertiary alicyclic amines) is 1. The highest BCUT2D eigenvalue weighted by Gasteiger charge is 2.23. The lowest BCUT2D eigenvalue weighted by molar-refractivity contribution is 0.0942. The Morgan fingerprint density at radius 3 is 3.00 bits per heavy atom. The van der Waals surface area contributed by atoms with Gasteiger partial charge in [0.1, 0.15) is 5.69 Å². The van der Waals surface area contributed by atoms with Crippen molar-refractivity contribution in [3.8, 4) is 0 Å². The average Bonchev–Trinajstić information content (AvgIpc) is 3.03. The van der Waals surface area contributed by atoms with Gasteiger partial charge in [0.25, 0.3) is 5.91 Å². The highest BCUT2D eigenvalue weighted by atomic mass is 32.1. The summed E-state index contributed by atoms with van der Waals surface area (Å²) in [6.45, 7) is 8.73. The summed E-state index contributed by atoms with van der Waals surface area (Å²) in [5.74, 6) is 0.520. The van der Waals surface area contributed by atoms with Crippen molar-refractivity contribution in [2.24, 2.45) is 5.92 Å². The molecule has 1 atom stereocenters. The fraction of sp³-hybridized carbons (Fsp3) is 0.733. The molecule has 1 aromatic rings. The van der Waals surface area contributed by atoms with Gasteiger partial charge in [0.05, 0.1) is 5.01 Å². The molecule has 1 amide bonds. The number of ether oxygens (including phenoxy) is 1. The van der Waals surface area contributed by atoms with Crippen molar-refractivity contribution < 1.29 is 9.53 Å². The van der Waals surface area contributed by atoms with Crippen LogP contribution in [0.1, 0.15) is 33.2 Å². The molecule has 1 aliphatic heterocycles. The van der Waals surface area contributed by atoms with Gasteiger partial charge in [0.15, 0.2) is 0 Å². The Labute approximate surface area is 130 Å². The molecule has 5 nitrogen and oxygen atoms in total. The van der Waals surface area contributed by atoms with E-state index < -0.39 is 0 Å². The van der Waals surface area contributed by atoms with Gasteiger partial charge < -0.3 is 15.0 Å². The van der Waals surface area contributed by atoms with E-state index in [1.807, 2.05) is 13.8 Å². The molecule has 1 aromatic heterocycles. The molecule has 1 unspecified atom stereocenters. The Morgan fingerprint density at radius 1 is 1.52 bits per heavy atom. The summed E-state index contributed by atoms with van der Waals surface area (Å²) in [7, 11) is 1.74. The first-order valence-corrected chi connectivity index (χ1v) is 8.35. The summed E-state index contributed by atoms with van der Waals surface area (Å²) in [6, 6.07) is 0. The first-order chi connectivity index (χ1) is 10.1. The van der Waals surface area contributed by atoms with Gasteiger partial charge in [0.2, 0.25) is 0 Å². The molecule has 0 radical (unpaired) electrons. The molecule has 118 valence electrons. The number of hydrogen-bond donors (Lipinski definition) is 1. The molecule has 2 heterocycles. The van der Waals surface area contributed by atoms with E-state index in [4.69, 9.17) is 4.74 Å². The van der Waals surface area contributed by atoms with Gasteiger partial charge in [-0.2, -0.15) is 0 Å². The van der Waals surface area contributed by atoms with Crippen molar-refractivity contribution in [2.45, 2.75) is 26.7 Å². The van der Waals surface area contributed by atoms with Crippen LogP contribution in [0, 0.1) is 19.8 Å². The van der Waals surface area contributed by atoms with E-state index in [2.05, 4.69) is 15.2 Å². The molecule has 0 aliphatic carbocycles. The van der Waals surface area contributed by atoms with Crippen LogP contribution in [0.25, 0.3) is 0 Å². The zero-order valence-electron chi connectivity index (χ0n) is 13.1. The molecular weight excluding hydrogens is 286 g/mol. The third kappa shape index (κ3) is 4.76. The summed E-state index contributed by atoms with van der Waals surface area (Å²) in [5.41, 5.74) is 0.590. The van der Waals surface area contributed by atoms with Gasteiger partial charge in [-0.25, -0.2) is 4.98 Å². The predicted octanol–water partition coefficient (Wildman–Crippen LogP) is 1.85. The quantitative estimate of drug-likeness (QED) is 0.781. The number of rotatable bonds is 7. The van der Waals surface area contributed by atoms with Crippen LogP contribution in [0.15, 0.2) is 0 Å². The van der Waals surface area contributed by atoms with E-state index in [-0.39, 0.29) is 5.91 Å². The number of carbonyl (C=O) groups excluding carboxylic acids is 1. The maximum atomic E-state index is 12.1. The topological polar surface area (TPSA) is 54.5 Å². The van der Waals surface area contributed by atoms with E-state index in [0.29, 0.717) is 11.6 Å². The van der Waals surface area contributed by atoms with Crippen molar-refractivity contribution in [1.82, 2.24) is 15.2 Å². The lowest BCUT2D eigenvalue weighted by Gasteiger charge is -2.15. The summed E-state index contributed by atoms with van der Waals surface area (Å²) >= 11 is 1.58. The number of methoxy groups -OCH3 is 1. The molecular formula is C15H25N3O2S. The molecule has 21 heavy (non-hydrogen) atoms. The van der Waals surface area contributed by atoms with Gasteiger partial charge in [-0.3, -0.25) is 4.79 Å². The van der Waals surface area contributed by atoms with Gasteiger partial charge >= 0.3 is 0 Å². The van der Waals surface area contributed by atoms with Crippen molar-refractivity contribution in [3.05, 3.63) is 15.6 Å². The maximum absolute atomic E-state index is 12.1. The molecule has 1 saturated heterocycles. The van der Waals surface area contributed by atoms with Crippen LogP contribution in [-0.4, -0.2) is 55.7 Å². The molecule has 0 bridgehead atoms. The number of carbonyl (C=O) groups is 1. The third-order valence-corrected chi connectivity index (χ3v) is 4.75. The highest BCUT2D eigenvalue weighted by molar-refractivity contribution is 7.11. The Bertz CT molecular complexity index is 475. The van der Waals surface area contributed by atoms with Crippen LogP contribution in [-0.2, 0) is 4.74 Å². The lowest BCUT2D eigenvalue weighted by atomic mass is 10.1. The number of hydrogen-bond acceptors (Lipinski definition) is 5. The van der Waals surface area contributed by atoms with E-state index in [1.165, 1.54) is 0 Å². The summed E-state index contributed by atoms with van der Waals surface area (Å²) in [4.78, 5) is 19.9. The predicted molar refractivity (Wildman–Crippen MR) is 85.0 cm³/mol. The van der Waals surface area contributed by atoms with Crippen molar-refractivity contribution in [2.75, 3.05) is 39.9 Å². The second-order valence-electron chi connectivity index (χ2n) is 5.65. The molecule has 0 aromatic carbocycles. The summed E-state index contributed by atoms with van der Waals surface area (Å²) < 4.78 is 5.08. The Morgan fingerprint density at radius 2 is 2.33 bits per heavy atom. The number of aryl methyl sites for hydroxylation is 2. The monoisotopic (exact) mass is 311 g/mol. The molecule has 0 saturated carbocycles. The first-order valence-electron chi connectivity index (χ1n) is 7.53. The second kappa shape index (κ2) is 7.87. The Hall–Kier alpha value is -0.980. The van der Waals surface area contributed by atoms with Crippen LogP contribution in [0.5, 0.6) is 0 Å². The van der Waals surface area contributed by atoms with Gasteiger partial charge in [-0.15, -0.1) is 11.3 Å². The largest absolute Gasteiger partial charge is 0.385 e. The maximum Gasteiger partial charge on any atom is 0.271 e. The van der Waals surface area contributed by atoms with E-state index in [9.17, 15) is 4.79 Å². The molecule has 6 heteroatoms. The first kappa shape index (κ1) is 16.4.